The van der Waals surface area contributed by atoms with Crippen molar-refractivity contribution in [2.75, 3.05) is 5.32 Å². The van der Waals surface area contributed by atoms with Gasteiger partial charge in [0, 0.05) is 27.7 Å². The number of ketones is 2. The van der Waals surface area contributed by atoms with E-state index in [4.69, 9.17) is 11.6 Å². The topological polar surface area (TPSA) is 116 Å². The van der Waals surface area contributed by atoms with Crippen LogP contribution in [0.25, 0.3) is 10.9 Å². The molecule has 0 saturated carbocycles. The maximum absolute atomic E-state index is 13.1. The van der Waals surface area contributed by atoms with Gasteiger partial charge in [-0.1, -0.05) is 48.0 Å². The van der Waals surface area contributed by atoms with E-state index < -0.39 is 23.4 Å². The normalized spacial score (nSPS) is 12.4. The zero-order valence-corrected chi connectivity index (χ0v) is 17.0. The zero-order valence-electron chi connectivity index (χ0n) is 16.2. The van der Waals surface area contributed by atoms with E-state index in [0.29, 0.717) is 0 Å². The first-order chi connectivity index (χ1) is 15.4. The molecule has 5 rings (SSSR count). The van der Waals surface area contributed by atoms with Gasteiger partial charge in [-0.05, 0) is 24.3 Å². The number of H-pyrrole nitrogens is 1. The number of amides is 1. The predicted octanol–water partition coefficient (Wildman–Crippen LogP) is 4.55. The molecule has 0 saturated heterocycles. The molecule has 8 heteroatoms. The maximum atomic E-state index is 13.1. The van der Waals surface area contributed by atoms with Gasteiger partial charge in [-0.15, -0.1) is 0 Å². The Labute approximate surface area is 185 Å². The molecule has 0 bridgehead atoms. The van der Waals surface area contributed by atoms with Crippen LogP contribution in [0, 0.1) is 0 Å². The van der Waals surface area contributed by atoms with E-state index in [2.05, 4.69) is 10.3 Å². The summed E-state index contributed by atoms with van der Waals surface area (Å²) in [6, 6.07) is 15.6. The molecule has 32 heavy (non-hydrogen) atoms. The molecule has 1 amide bonds. The second kappa shape index (κ2) is 7.18. The van der Waals surface area contributed by atoms with E-state index in [0.717, 1.165) is 0 Å². The van der Waals surface area contributed by atoms with Gasteiger partial charge in [0.1, 0.15) is 0 Å². The molecule has 0 unspecified atom stereocenters. The number of aromatic carboxylic acids is 1. The Balaban J connectivity index is 1.67. The number of nitrogens with one attached hydrogen (secondary N) is 2. The first kappa shape index (κ1) is 19.7. The minimum atomic E-state index is -1.30. The molecule has 0 aliphatic heterocycles. The van der Waals surface area contributed by atoms with Gasteiger partial charge >= 0.3 is 5.97 Å². The Bertz CT molecular complexity index is 1500. The van der Waals surface area contributed by atoms with Crippen LogP contribution in [-0.4, -0.2) is 33.5 Å². The monoisotopic (exact) mass is 444 g/mol. The SMILES string of the molecule is O=C(Nc1cc(C(=O)O)c2c3c([nH]c2c1)C(=O)c1ccccc1C3=O)c1ccccc1Cl. The molecular formula is C24H13ClN2O5. The molecule has 1 aliphatic rings. The van der Waals surface area contributed by atoms with Crippen LogP contribution in [0.15, 0.2) is 60.7 Å². The largest absolute Gasteiger partial charge is 0.478 e. The lowest BCUT2D eigenvalue weighted by molar-refractivity contribution is 0.0698. The summed E-state index contributed by atoms with van der Waals surface area (Å²) in [4.78, 5) is 53.7. The van der Waals surface area contributed by atoms with Gasteiger partial charge < -0.3 is 15.4 Å². The minimum absolute atomic E-state index is 0.0186. The van der Waals surface area contributed by atoms with E-state index in [9.17, 15) is 24.3 Å². The number of rotatable bonds is 3. The Morgan fingerprint density at radius 1 is 0.875 bits per heavy atom. The summed E-state index contributed by atoms with van der Waals surface area (Å²) in [7, 11) is 0. The molecule has 0 radical (unpaired) electrons. The van der Waals surface area contributed by atoms with Crippen molar-refractivity contribution < 1.29 is 24.3 Å². The number of aromatic nitrogens is 1. The third kappa shape index (κ3) is 2.91. The zero-order chi connectivity index (χ0) is 22.6. The summed E-state index contributed by atoms with van der Waals surface area (Å²) >= 11 is 6.07. The fourth-order valence-electron chi connectivity index (χ4n) is 3.96. The third-order valence-corrected chi connectivity index (χ3v) is 5.70. The van der Waals surface area contributed by atoms with Crippen molar-refractivity contribution in [3.8, 4) is 0 Å². The van der Waals surface area contributed by atoms with Crippen LogP contribution < -0.4 is 5.32 Å². The summed E-state index contributed by atoms with van der Waals surface area (Å²) in [6.07, 6.45) is 0. The van der Waals surface area contributed by atoms with Gasteiger partial charge in [-0.2, -0.15) is 0 Å². The summed E-state index contributed by atoms with van der Waals surface area (Å²) in [6.45, 7) is 0. The first-order valence-electron chi connectivity index (χ1n) is 9.54. The molecule has 7 nitrogen and oxygen atoms in total. The highest BCUT2D eigenvalue weighted by molar-refractivity contribution is 6.35. The van der Waals surface area contributed by atoms with Crippen LogP contribution in [0.3, 0.4) is 0 Å². The maximum Gasteiger partial charge on any atom is 0.336 e. The molecule has 3 N–H and O–H groups in total. The highest BCUT2D eigenvalue weighted by atomic mass is 35.5. The number of anilines is 1. The van der Waals surface area contributed by atoms with Gasteiger partial charge in [-0.3, -0.25) is 14.4 Å². The smallest absolute Gasteiger partial charge is 0.336 e. The second-order valence-corrected chi connectivity index (χ2v) is 7.67. The number of halogens is 1. The average molecular weight is 445 g/mol. The second-order valence-electron chi connectivity index (χ2n) is 7.26. The van der Waals surface area contributed by atoms with Gasteiger partial charge in [0.2, 0.25) is 5.78 Å². The van der Waals surface area contributed by atoms with Gasteiger partial charge in [-0.25, -0.2) is 4.79 Å². The van der Waals surface area contributed by atoms with Crippen molar-refractivity contribution in [2.24, 2.45) is 0 Å². The van der Waals surface area contributed by atoms with Crippen LogP contribution in [0.2, 0.25) is 5.02 Å². The third-order valence-electron chi connectivity index (χ3n) is 5.38. The molecule has 1 aliphatic carbocycles. The molecule has 156 valence electrons. The van der Waals surface area contributed by atoms with Crippen molar-refractivity contribution >= 4 is 51.6 Å². The molecular weight excluding hydrogens is 432 g/mol. The number of hydrogen-bond acceptors (Lipinski definition) is 4. The lowest BCUT2D eigenvalue weighted by Gasteiger charge is -2.14. The number of aromatic amines is 1. The Hall–Kier alpha value is -4.23. The number of carbonyl (C=O) groups excluding carboxylic acids is 3. The number of fused-ring (bicyclic) bond motifs is 4. The van der Waals surface area contributed by atoms with Crippen molar-refractivity contribution in [1.29, 1.82) is 0 Å². The lowest BCUT2D eigenvalue weighted by Crippen LogP contribution is -2.20. The summed E-state index contributed by atoms with van der Waals surface area (Å²) in [5.74, 6) is -2.66. The lowest BCUT2D eigenvalue weighted by atomic mass is 9.86. The van der Waals surface area contributed by atoms with Crippen molar-refractivity contribution in [3.05, 3.63) is 99.2 Å². The number of benzene rings is 3. The summed E-state index contributed by atoms with van der Waals surface area (Å²) in [5.41, 5.74) is 0.951. The summed E-state index contributed by atoms with van der Waals surface area (Å²) < 4.78 is 0. The van der Waals surface area contributed by atoms with Crippen LogP contribution in [0.5, 0.6) is 0 Å². The fourth-order valence-corrected chi connectivity index (χ4v) is 4.18. The van der Waals surface area contributed by atoms with Crippen LogP contribution in [0.4, 0.5) is 5.69 Å². The molecule has 3 aromatic carbocycles. The van der Waals surface area contributed by atoms with Gasteiger partial charge in [0.25, 0.3) is 5.91 Å². The number of carboxylic acids is 1. The first-order valence-corrected chi connectivity index (χ1v) is 9.92. The highest BCUT2D eigenvalue weighted by Gasteiger charge is 2.34. The molecule has 1 aromatic heterocycles. The number of hydrogen-bond donors (Lipinski definition) is 3. The van der Waals surface area contributed by atoms with Crippen molar-refractivity contribution in [1.82, 2.24) is 4.98 Å². The van der Waals surface area contributed by atoms with Crippen molar-refractivity contribution in [2.45, 2.75) is 0 Å². The van der Waals surface area contributed by atoms with E-state index >= 15 is 0 Å². The van der Waals surface area contributed by atoms with E-state index in [-0.39, 0.29) is 55.1 Å². The highest BCUT2D eigenvalue weighted by Crippen LogP contribution is 2.36. The van der Waals surface area contributed by atoms with E-state index in [1.165, 1.54) is 24.3 Å². The fraction of sp³-hybridized carbons (Fsp3) is 0. The van der Waals surface area contributed by atoms with E-state index in [1.807, 2.05) is 0 Å². The van der Waals surface area contributed by atoms with Crippen LogP contribution >= 0.6 is 11.6 Å². The average Bonchev–Trinajstić information content (AvgIpc) is 3.17. The quantitative estimate of drug-likeness (QED) is 0.377. The van der Waals surface area contributed by atoms with Gasteiger partial charge in [0.15, 0.2) is 5.78 Å². The summed E-state index contributed by atoms with van der Waals surface area (Å²) in [5, 5.41) is 12.8. The Kier molecular flexibility index (Phi) is 4.42. The molecule has 0 fully saturated rings. The van der Waals surface area contributed by atoms with Crippen LogP contribution in [-0.2, 0) is 0 Å². The Morgan fingerprint density at radius 2 is 1.53 bits per heavy atom. The van der Waals surface area contributed by atoms with Crippen LogP contribution in [0.1, 0.15) is 52.7 Å². The molecule has 0 spiro atoms. The molecule has 1 heterocycles. The van der Waals surface area contributed by atoms with Gasteiger partial charge in [0.05, 0.1) is 27.4 Å². The predicted molar refractivity (Wildman–Crippen MR) is 118 cm³/mol. The van der Waals surface area contributed by atoms with E-state index in [1.54, 1.807) is 36.4 Å². The minimum Gasteiger partial charge on any atom is -0.478 e. The Morgan fingerprint density at radius 3 is 2.22 bits per heavy atom. The number of carboxylic acid groups (broad SMARTS) is 1. The molecule has 0 atom stereocenters. The number of carbonyl (C=O) groups is 4. The van der Waals surface area contributed by atoms with Crippen molar-refractivity contribution in [3.63, 3.8) is 0 Å². The standard InChI is InChI=1S/C24H13ClN2O5/c25-16-8-4-3-7-14(16)23(30)26-11-9-15(24(31)32)18-17(10-11)27-20-19(18)21(28)12-5-1-2-6-13(12)22(20)29/h1-10,27H,(H,26,30)(H,31,32). The molecule has 4 aromatic rings.